The normalized spacial score (nSPS) is 19.3. The fourth-order valence-electron chi connectivity index (χ4n) is 3.48. The second kappa shape index (κ2) is 6.64. The average molecular weight is 367 g/mol. The molecule has 1 amide bonds. The molecule has 3 N–H and O–H groups in total. The van der Waals surface area contributed by atoms with Gasteiger partial charge in [0.1, 0.15) is 10.6 Å². The summed E-state index contributed by atoms with van der Waals surface area (Å²) in [5, 5.41) is 4.67. The molecule has 1 aliphatic carbocycles. The number of aryl methyl sites for hydroxylation is 2. The summed E-state index contributed by atoms with van der Waals surface area (Å²) in [7, 11) is 0. The van der Waals surface area contributed by atoms with Gasteiger partial charge in [-0.2, -0.15) is 0 Å². The van der Waals surface area contributed by atoms with Crippen LogP contribution in [0.1, 0.15) is 29.7 Å². The van der Waals surface area contributed by atoms with Gasteiger partial charge in [0.25, 0.3) is 0 Å². The van der Waals surface area contributed by atoms with Crippen LogP contribution in [0.15, 0.2) is 24.5 Å². The number of fused-ring (bicyclic) bond motifs is 1. The minimum atomic E-state index is -0.221. The van der Waals surface area contributed by atoms with Crippen molar-refractivity contribution in [2.75, 3.05) is 5.32 Å². The quantitative estimate of drug-likeness (QED) is 0.720. The van der Waals surface area contributed by atoms with Crippen LogP contribution < -0.4 is 11.1 Å². The zero-order chi connectivity index (χ0) is 18.3. The molecule has 0 atom stereocenters. The number of aromatic nitrogens is 3. The molecule has 3 aromatic heterocycles. The van der Waals surface area contributed by atoms with E-state index in [2.05, 4.69) is 24.1 Å². The highest BCUT2D eigenvalue weighted by Crippen LogP contribution is 2.38. The third-order valence-corrected chi connectivity index (χ3v) is 6.12. The van der Waals surface area contributed by atoms with Gasteiger partial charge in [-0.1, -0.05) is 0 Å². The Kier molecular flexibility index (Phi) is 4.32. The molecule has 1 saturated carbocycles. The van der Waals surface area contributed by atoms with Crippen molar-refractivity contribution in [3.63, 3.8) is 0 Å². The monoisotopic (exact) mass is 367 g/mol. The second-order valence-electron chi connectivity index (χ2n) is 6.95. The molecule has 6 nitrogen and oxygen atoms in total. The van der Waals surface area contributed by atoms with Crippen molar-refractivity contribution in [3.8, 4) is 11.4 Å². The van der Waals surface area contributed by atoms with E-state index in [1.807, 2.05) is 12.1 Å². The zero-order valence-corrected chi connectivity index (χ0v) is 15.6. The fourth-order valence-corrected chi connectivity index (χ4v) is 4.51. The van der Waals surface area contributed by atoms with Crippen molar-refractivity contribution in [2.45, 2.75) is 39.2 Å². The fraction of sp³-hybridized carbons (Fsp3) is 0.368. The van der Waals surface area contributed by atoms with Crippen LogP contribution in [0, 0.1) is 19.8 Å². The molecule has 0 spiro atoms. The third-order valence-electron chi connectivity index (χ3n) is 5.01. The molecule has 7 heteroatoms. The lowest BCUT2D eigenvalue weighted by atomic mass is 9.78. The van der Waals surface area contributed by atoms with Gasteiger partial charge in [-0.25, -0.2) is 9.97 Å². The minimum Gasteiger partial charge on any atom is -0.370 e. The molecule has 0 aliphatic heterocycles. The van der Waals surface area contributed by atoms with E-state index in [4.69, 9.17) is 15.7 Å². The van der Waals surface area contributed by atoms with Gasteiger partial charge in [-0.05, 0) is 50.3 Å². The molecular formula is C19H21N5OS. The Labute approximate surface area is 155 Å². The number of carbonyl (C=O) groups is 1. The lowest BCUT2D eigenvalue weighted by Gasteiger charge is -2.35. The molecule has 3 heterocycles. The number of pyridine rings is 1. The predicted molar refractivity (Wildman–Crippen MR) is 104 cm³/mol. The lowest BCUT2D eigenvalue weighted by molar-refractivity contribution is -0.119. The van der Waals surface area contributed by atoms with E-state index in [-0.39, 0.29) is 5.91 Å². The number of nitrogens with zero attached hydrogens (tertiary/aromatic N) is 3. The number of primary amides is 1. The largest absolute Gasteiger partial charge is 0.370 e. The molecule has 0 unspecified atom stereocenters. The van der Waals surface area contributed by atoms with E-state index in [1.165, 1.54) is 10.4 Å². The molecule has 0 radical (unpaired) electrons. The summed E-state index contributed by atoms with van der Waals surface area (Å²) in [6, 6.07) is 4.18. The smallest absolute Gasteiger partial charge is 0.217 e. The van der Waals surface area contributed by atoms with Gasteiger partial charge in [0.05, 0.1) is 5.39 Å². The number of thiophene rings is 1. The zero-order valence-electron chi connectivity index (χ0n) is 14.8. The van der Waals surface area contributed by atoms with Gasteiger partial charge in [0, 0.05) is 35.3 Å². The molecule has 0 saturated heterocycles. The first-order chi connectivity index (χ1) is 12.5. The third kappa shape index (κ3) is 3.14. The van der Waals surface area contributed by atoms with Crippen molar-refractivity contribution in [1.82, 2.24) is 15.0 Å². The van der Waals surface area contributed by atoms with Gasteiger partial charge >= 0.3 is 0 Å². The Morgan fingerprint density at radius 3 is 2.85 bits per heavy atom. The van der Waals surface area contributed by atoms with Gasteiger partial charge in [-0.3, -0.25) is 9.78 Å². The van der Waals surface area contributed by atoms with Crippen molar-refractivity contribution in [3.05, 3.63) is 35.0 Å². The lowest BCUT2D eigenvalue weighted by Crippen LogP contribution is -2.37. The number of hydrogen-bond acceptors (Lipinski definition) is 6. The maximum atomic E-state index is 11.1. The summed E-state index contributed by atoms with van der Waals surface area (Å²) >= 11 is 1.69. The topological polar surface area (TPSA) is 93.8 Å². The predicted octanol–water partition coefficient (Wildman–Crippen LogP) is 3.44. The van der Waals surface area contributed by atoms with Gasteiger partial charge < -0.3 is 11.1 Å². The molecule has 1 aliphatic rings. The van der Waals surface area contributed by atoms with Crippen LogP contribution in [-0.2, 0) is 4.79 Å². The van der Waals surface area contributed by atoms with Crippen LogP contribution in [0.25, 0.3) is 21.6 Å². The first-order valence-electron chi connectivity index (χ1n) is 8.74. The molecular weight excluding hydrogens is 346 g/mol. The maximum absolute atomic E-state index is 11.1. The highest BCUT2D eigenvalue weighted by atomic mass is 32.1. The van der Waals surface area contributed by atoms with Crippen molar-refractivity contribution < 1.29 is 4.79 Å². The Balaban J connectivity index is 1.67. The number of anilines is 1. The Hall–Kier alpha value is -2.54. The van der Waals surface area contributed by atoms with E-state index < -0.39 is 0 Å². The van der Waals surface area contributed by atoms with Crippen molar-refractivity contribution in [2.24, 2.45) is 11.7 Å². The molecule has 3 aromatic rings. The number of nitrogens with one attached hydrogen (secondary N) is 1. The van der Waals surface area contributed by atoms with Crippen molar-refractivity contribution >= 4 is 33.3 Å². The summed E-state index contributed by atoms with van der Waals surface area (Å²) in [6.07, 6.45) is 5.88. The summed E-state index contributed by atoms with van der Waals surface area (Å²) in [6.45, 7) is 4.23. The number of hydrogen-bond donors (Lipinski definition) is 2. The maximum Gasteiger partial charge on any atom is 0.217 e. The molecule has 26 heavy (non-hydrogen) atoms. The van der Waals surface area contributed by atoms with Crippen LogP contribution >= 0.6 is 11.3 Å². The molecule has 0 bridgehead atoms. The number of rotatable bonds is 5. The molecule has 4 rings (SSSR count). The van der Waals surface area contributed by atoms with E-state index in [0.717, 1.165) is 34.4 Å². The van der Waals surface area contributed by atoms with Crippen LogP contribution in [0.3, 0.4) is 0 Å². The molecule has 0 aromatic carbocycles. The summed E-state index contributed by atoms with van der Waals surface area (Å²) < 4.78 is 0. The van der Waals surface area contributed by atoms with Crippen molar-refractivity contribution in [1.29, 1.82) is 0 Å². The van der Waals surface area contributed by atoms with E-state index >= 15 is 0 Å². The summed E-state index contributed by atoms with van der Waals surface area (Å²) in [5.74, 6) is 1.71. The molecule has 134 valence electrons. The number of amides is 1. The first-order valence-corrected chi connectivity index (χ1v) is 9.56. The second-order valence-corrected chi connectivity index (χ2v) is 8.15. The SMILES string of the molecule is Cc1sc2nc(-c3cccnc3)nc(NC3CC(CC(N)=O)C3)c2c1C. The highest BCUT2D eigenvalue weighted by Gasteiger charge is 2.31. The van der Waals surface area contributed by atoms with E-state index in [9.17, 15) is 4.79 Å². The highest BCUT2D eigenvalue weighted by molar-refractivity contribution is 7.18. The standard InChI is InChI=1S/C19H21N5OS/c1-10-11(2)26-19-16(10)18(22-14-6-12(7-14)8-15(20)25)23-17(24-19)13-4-3-5-21-9-13/h3-5,9,12,14H,6-8H2,1-2H3,(H2,20,25)(H,22,23,24). The Morgan fingerprint density at radius 1 is 1.35 bits per heavy atom. The van der Waals surface area contributed by atoms with Crippen LogP contribution in [-0.4, -0.2) is 26.9 Å². The summed E-state index contributed by atoms with van der Waals surface area (Å²) in [4.78, 5) is 27.1. The van der Waals surface area contributed by atoms with Gasteiger partial charge in [0.2, 0.25) is 5.91 Å². The van der Waals surface area contributed by atoms with Gasteiger partial charge in [-0.15, -0.1) is 11.3 Å². The van der Waals surface area contributed by atoms with Gasteiger partial charge in [0.15, 0.2) is 5.82 Å². The average Bonchev–Trinajstić information content (AvgIpc) is 2.88. The van der Waals surface area contributed by atoms with Crippen LogP contribution in [0.2, 0.25) is 0 Å². The summed E-state index contributed by atoms with van der Waals surface area (Å²) in [5.41, 5.74) is 7.42. The minimum absolute atomic E-state index is 0.221. The van der Waals surface area contributed by atoms with E-state index in [1.54, 1.807) is 23.7 Å². The Morgan fingerprint density at radius 2 is 2.15 bits per heavy atom. The Bertz CT molecular complexity index is 963. The number of carbonyl (C=O) groups excluding carboxylic acids is 1. The number of nitrogens with two attached hydrogens (primary N) is 1. The first kappa shape index (κ1) is 16.9. The van der Waals surface area contributed by atoms with E-state index in [0.29, 0.717) is 24.2 Å². The van der Waals surface area contributed by atoms with Crippen LogP contribution in [0.5, 0.6) is 0 Å². The van der Waals surface area contributed by atoms with Crippen LogP contribution in [0.4, 0.5) is 5.82 Å². The molecule has 1 fully saturated rings.